The van der Waals surface area contributed by atoms with Crippen LogP contribution in [0.4, 0.5) is 11.5 Å². The molecular formula is C26H24N6O2. The molecule has 1 atom stereocenters. The average Bonchev–Trinajstić information content (AvgIpc) is 3.27. The average molecular weight is 453 g/mol. The molecule has 0 radical (unpaired) electrons. The first-order valence-corrected chi connectivity index (χ1v) is 10.8. The molecule has 0 spiro atoms. The summed E-state index contributed by atoms with van der Waals surface area (Å²) < 4.78 is 5.38. The molecule has 170 valence electrons. The van der Waals surface area contributed by atoms with E-state index >= 15 is 0 Å². The SMILES string of the molecule is Cc1cnc(NC(C)c2ccc(-c3ccccc3-c3nc(C)no3)cc2)c(NC(=O)CC#N)c1. The van der Waals surface area contributed by atoms with Crippen LogP contribution in [0.3, 0.4) is 0 Å². The molecule has 4 rings (SSSR count). The standard InChI is InChI=1S/C26H24N6O2/c1-16-14-23(31-24(33)12-13-27)25(28-15-16)29-17(2)19-8-10-20(11-9-19)21-6-4-5-7-22(21)26-30-18(3)32-34-26/h4-11,14-15,17H,12H2,1-3H3,(H,28,29)(H,31,33). The van der Waals surface area contributed by atoms with Gasteiger partial charge in [0.1, 0.15) is 12.2 Å². The third kappa shape index (κ3) is 5.10. The quantitative estimate of drug-likeness (QED) is 0.383. The highest BCUT2D eigenvalue weighted by Crippen LogP contribution is 2.32. The van der Waals surface area contributed by atoms with E-state index in [-0.39, 0.29) is 18.4 Å². The first kappa shape index (κ1) is 22.7. The predicted octanol–water partition coefficient (Wildman–Crippen LogP) is 5.44. The van der Waals surface area contributed by atoms with E-state index in [4.69, 9.17) is 9.78 Å². The molecule has 0 aliphatic rings. The number of nitriles is 1. The summed E-state index contributed by atoms with van der Waals surface area (Å²) in [6, 6.07) is 19.7. The second-order valence-electron chi connectivity index (χ2n) is 7.97. The molecule has 0 bridgehead atoms. The van der Waals surface area contributed by atoms with E-state index < -0.39 is 0 Å². The van der Waals surface area contributed by atoms with Crippen LogP contribution in [0.1, 0.15) is 36.3 Å². The molecule has 2 N–H and O–H groups in total. The maximum absolute atomic E-state index is 11.9. The summed E-state index contributed by atoms with van der Waals surface area (Å²) in [5, 5.41) is 18.8. The second-order valence-corrected chi connectivity index (χ2v) is 7.97. The molecule has 0 fully saturated rings. The van der Waals surface area contributed by atoms with Gasteiger partial charge in [-0.2, -0.15) is 10.2 Å². The lowest BCUT2D eigenvalue weighted by atomic mass is 9.97. The van der Waals surface area contributed by atoms with Gasteiger partial charge in [0.05, 0.1) is 17.8 Å². The van der Waals surface area contributed by atoms with Crippen molar-refractivity contribution in [1.29, 1.82) is 5.26 Å². The summed E-state index contributed by atoms with van der Waals surface area (Å²) in [5.41, 5.74) is 5.41. The fourth-order valence-electron chi connectivity index (χ4n) is 3.61. The fourth-order valence-corrected chi connectivity index (χ4v) is 3.61. The highest BCUT2D eigenvalue weighted by Gasteiger charge is 2.15. The Kier molecular flexibility index (Phi) is 6.64. The first-order valence-electron chi connectivity index (χ1n) is 10.8. The minimum atomic E-state index is -0.370. The third-order valence-corrected chi connectivity index (χ3v) is 5.30. The summed E-state index contributed by atoms with van der Waals surface area (Å²) in [4.78, 5) is 20.7. The molecule has 1 amide bonds. The zero-order valence-corrected chi connectivity index (χ0v) is 19.2. The van der Waals surface area contributed by atoms with E-state index in [1.54, 1.807) is 13.1 Å². The largest absolute Gasteiger partial charge is 0.362 e. The topological polar surface area (TPSA) is 117 Å². The highest BCUT2D eigenvalue weighted by molar-refractivity contribution is 5.94. The maximum atomic E-state index is 11.9. The molecule has 4 aromatic rings. The van der Waals surface area contributed by atoms with Crippen LogP contribution in [-0.4, -0.2) is 21.0 Å². The van der Waals surface area contributed by atoms with Crippen molar-refractivity contribution < 1.29 is 9.32 Å². The lowest BCUT2D eigenvalue weighted by molar-refractivity contribution is -0.115. The number of carbonyl (C=O) groups is 1. The number of hydrogen-bond donors (Lipinski definition) is 2. The van der Waals surface area contributed by atoms with Crippen LogP contribution in [0, 0.1) is 25.2 Å². The monoisotopic (exact) mass is 452 g/mol. The fraction of sp³-hybridized carbons (Fsp3) is 0.192. The van der Waals surface area contributed by atoms with E-state index in [1.165, 1.54) is 0 Å². The van der Waals surface area contributed by atoms with E-state index in [2.05, 4.69) is 25.8 Å². The van der Waals surface area contributed by atoms with E-state index in [9.17, 15) is 4.79 Å². The number of aryl methyl sites for hydroxylation is 2. The van der Waals surface area contributed by atoms with Gasteiger partial charge in [-0.15, -0.1) is 0 Å². The molecule has 0 aliphatic carbocycles. The van der Waals surface area contributed by atoms with E-state index in [0.29, 0.717) is 23.2 Å². The molecule has 34 heavy (non-hydrogen) atoms. The Hall–Kier alpha value is -4.51. The van der Waals surface area contributed by atoms with Crippen molar-refractivity contribution in [1.82, 2.24) is 15.1 Å². The predicted molar refractivity (Wildman–Crippen MR) is 130 cm³/mol. The number of hydrogen-bond acceptors (Lipinski definition) is 7. The molecule has 0 saturated carbocycles. The van der Waals surface area contributed by atoms with Gasteiger partial charge < -0.3 is 15.2 Å². The number of nitrogens with zero attached hydrogens (tertiary/aromatic N) is 4. The van der Waals surface area contributed by atoms with Crippen LogP contribution >= 0.6 is 0 Å². The molecule has 1 unspecified atom stereocenters. The summed E-state index contributed by atoms with van der Waals surface area (Å²) in [7, 11) is 0. The van der Waals surface area contributed by atoms with Crippen LogP contribution in [0.25, 0.3) is 22.6 Å². The molecule has 2 aromatic heterocycles. The lowest BCUT2D eigenvalue weighted by Gasteiger charge is -2.18. The van der Waals surface area contributed by atoms with Crippen molar-refractivity contribution >= 4 is 17.4 Å². The Labute approximate surface area is 197 Å². The molecular weight excluding hydrogens is 428 g/mol. The second kappa shape index (κ2) is 9.96. The van der Waals surface area contributed by atoms with Gasteiger partial charge in [0, 0.05) is 11.8 Å². The molecule has 2 heterocycles. The number of nitrogens with one attached hydrogen (secondary N) is 2. The minimum absolute atomic E-state index is 0.0790. The normalized spacial score (nSPS) is 11.5. The number of rotatable bonds is 7. The zero-order valence-electron chi connectivity index (χ0n) is 19.2. The lowest BCUT2D eigenvalue weighted by Crippen LogP contribution is -2.15. The van der Waals surface area contributed by atoms with Crippen molar-refractivity contribution in [2.24, 2.45) is 0 Å². The van der Waals surface area contributed by atoms with E-state index in [0.717, 1.165) is 27.8 Å². The number of aromatic nitrogens is 3. The molecule has 0 aliphatic heterocycles. The Morgan fingerprint density at radius 1 is 1.12 bits per heavy atom. The Morgan fingerprint density at radius 2 is 1.85 bits per heavy atom. The molecule has 2 aromatic carbocycles. The van der Waals surface area contributed by atoms with Crippen molar-refractivity contribution in [3.8, 4) is 28.7 Å². The van der Waals surface area contributed by atoms with Gasteiger partial charge >= 0.3 is 0 Å². The minimum Gasteiger partial charge on any atom is -0.362 e. The highest BCUT2D eigenvalue weighted by atomic mass is 16.5. The van der Waals surface area contributed by atoms with Gasteiger partial charge in [-0.25, -0.2) is 4.98 Å². The van der Waals surface area contributed by atoms with Gasteiger partial charge in [0.2, 0.25) is 5.91 Å². The Balaban J connectivity index is 1.55. The van der Waals surface area contributed by atoms with Gasteiger partial charge in [-0.3, -0.25) is 4.79 Å². The number of anilines is 2. The van der Waals surface area contributed by atoms with Crippen LogP contribution in [0.2, 0.25) is 0 Å². The van der Waals surface area contributed by atoms with Crippen molar-refractivity contribution in [2.75, 3.05) is 10.6 Å². The molecule has 0 saturated heterocycles. The third-order valence-electron chi connectivity index (χ3n) is 5.30. The Bertz CT molecular complexity index is 1350. The first-order chi connectivity index (χ1) is 16.4. The Morgan fingerprint density at radius 3 is 2.53 bits per heavy atom. The van der Waals surface area contributed by atoms with E-state index in [1.807, 2.05) is 74.5 Å². The smallest absolute Gasteiger partial charge is 0.258 e. The molecule has 8 nitrogen and oxygen atoms in total. The molecule has 8 heteroatoms. The number of carbonyl (C=O) groups excluding carboxylic acids is 1. The summed E-state index contributed by atoms with van der Waals surface area (Å²) in [6.07, 6.45) is 1.52. The van der Waals surface area contributed by atoms with Crippen molar-refractivity contribution in [3.63, 3.8) is 0 Å². The number of benzene rings is 2. The van der Waals surface area contributed by atoms with Crippen LogP contribution in [0.5, 0.6) is 0 Å². The van der Waals surface area contributed by atoms with Gasteiger partial charge in [-0.1, -0.05) is 47.6 Å². The summed E-state index contributed by atoms with van der Waals surface area (Å²) in [5.74, 6) is 1.26. The summed E-state index contributed by atoms with van der Waals surface area (Å²) >= 11 is 0. The van der Waals surface area contributed by atoms with Crippen LogP contribution < -0.4 is 10.6 Å². The van der Waals surface area contributed by atoms with Crippen LogP contribution in [-0.2, 0) is 4.79 Å². The van der Waals surface area contributed by atoms with Crippen molar-refractivity contribution in [2.45, 2.75) is 33.2 Å². The number of pyridine rings is 1. The van der Waals surface area contributed by atoms with Gasteiger partial charge in [0.15, 0.2) is 5.82 Å². The zero-order chi connectivity index (χ0) is 24.1. The van der Waals surface area contributed by atoms with Crippen LogP contribution in [0.15, 0.2) is 65.3 Å². The van der Waals surface area contributed by atoms with Gasteiger partial charge in [-0.05, 0) is 55.2 Å². The van der Waals surface area contributed by atoms with Gasteiger partial charge in [0.25, 0.3) is 5.89 Å². The maximum Gasteiger partial charge on any atom is 0.258 e. The van der Waals surface area contributed by atoms with Crippen molar-refractivity contribution in [3.05, 3.63) is 77.7 Å². The summed E-state index contributed by atoms with van der Waals surface area (Å²) in [6.45, 7) is 5.71. The number of amides is 1.